The Bertz CT molecular complexity index is 201. The number of piperidine rings is 1. The molecule has 13 heavy (non-hydrogen) atoms. The van der Waals surface area contributed by atoms with E-state index in [4.69, 9.17) is 0 Å². The summed E-state index contributed by atoms with van der Waals surface area (Å²) in [5.41, 5.74) is 0. The van der Waals surface area contributed by atoms with Crippen molar-refractivity contribution in [2.75, 3.05) is 13.6 Å². The lowest BCUT2D eigenvalue weighted by molar-refractivity contribution is -0.132. The average molecular weight is 182 g/mol. The minimum Gasteiger partial charge on any atom is -0.344 e. The predicted octanol–water partition coefficient (Wildman–Crippen LogP) is 0.771. The van der Waals surface area contributed by atoms with Gasteiger partial charge in [-0.3, -0.25) is 4.79 Å². The fraction of sp³-hybridized carbons (Fsp3) is 0.700. The summed E-state index contributed by atoms with van der Waals surface area (Å²) in [7, 11) is 1.86. The molecule has 3 nitrogen and oxygen atoms in total. The average Bonchev–Trinajstić information content (AvgIpc) is 2.11. The summed E-state index contributed by atoms with van der Waals surface area (Å²) in [5, 5.41) is 3.41. The van der Waals surface area contributed by atoms with E-state index in [1.54, 1.807) is 4.90 Å². The maximum absolute atomic E-state index is 11.2. The van der Waals surface area contributed by atoms with Gasteiger partial charge in [0.15, 0.2) is 0 Å². The van der Waals surface area contributed by atoms with Gasteiger partial charge >= 0.3 is 0 Å². The largest absolute Gasteiger partial charge is 0.344 e. The van der Waals surface area contributed by atoms with E-state index >= 15 is 0 Å². The molecule has 1 aliphatic heterocycles. The fourth-order valence-electron chi connectivity index (χ4n) is 1.59. The van der Waals surface area contributed by atoms with Gasteiger partial charge in [0.2, 0.25) is 5.91 Å². The van der Waals surface area contributed by atoms with Crippen LogP contribution in [0.1, 0.15) is 19.8 Å². The third-order valence-corrected chi connectivity index (χ3v) is 2.48. The molecule has 2 unspecified atom stereocenters. The second kappa shape index (κ2) is 4.42. The normalized spacial score (nSPS) is 25.8. The van der Waals surface area contributed by atoms with Gasteiger partial charge in [-0.1, -0.05) is 6.08 Å². The first-order valence-electron chi connectivity index (χ1n) is 4.76. The number of likely N-dealkylation sites (tertiary alicyclic amines) is 1. The van der Waals surface area contributed by atoms with Crippen molar-refractivity contribution in [3.8, 4) is 0 Å². The second-order valence-corrected chi connectivity index (χ2v) is 3.70. The molecule has 0 saturated carbocycles. The third-order valence-electron chi connectivity index (χ3n) is 2.48. The summed E-state index contributed by atoms with van der Waals surface area (Å²) in [6.07, 6.45) is 3.50. The van der Waals surface area contributed by atoms with Crippen LogP contribution in [-0.4, -0.2) is 36.5 Å². The molecule has 1 heterocycles. The number of amides is 1. The third kappa shape index (κ3) is 2.84. The van der Waals surface area contributed by atoms with Gasteiger partial charge in [-0.15, -0.1) is 6.58 Å². The first-order valence-corrected chi connectivity index (χ1v) is 4.76. The van der Waals surface area contributed by atoms with Gasteiger partial charge in [0, 0.05) is 32.1 Å². The van der Waals surface area contributed by atoms with Crippen LogP contribution in [-0.2, 0) is 4.79 Å². The summed E-state index contributed by atoms with van der Waals surface area (Å²) >= 11 is 0. The molecule has 0 aromatic carbocycles. The van der Waals surface area contributed by atoms with Crippen LogP contribution in [0.2, 0.25) is 0 Å². The Kier molecular flexibility index (Phi) is 3.48. The Balaban J connectivity index is 2.37. The van der Waals surface area contributed by atoms with Crippen LogP contribution >= 0.6 is 0 Å². The molecular formula is C10H18N2O. The van der Waals surface area contributed by atoms with Crippen LogP contribution in [0.5, 0.6) is 0 Å². The van der Waals surface area contributed by atoms with Gasteiger partial charge in [0.25, 0.3) is 0 Å². The second-order valence-electron chi connectivity index (χ2n) is 3.70. The van der Waals surface area contributed by atoms with Crippen molar-refractivity contribution in [1.29, 1.82) is 0 Å². The molecule has 0 aromatic heterocycles. The maximum Gasteiger partial charge on any atom is 0.222 e. The molecule has 2 atom stereocenters. The lowest BCUT2D eigenvalue weighted by Gasteiger charge is -2.31. The molecule has 0 radical (unpaired) electrons. The van der Waals surface area contributed by atoms with E-state index in [1.165, 1.54) is 0 Å². The maximum atomic E-state index is 11.2. The minimum absolute atomic E-state index is 0.254. The molecule has 0 aliphatic carbocycles. The van der Waals surface area contributed by atoms with Crippen molar-refractivity contribution >= 4 is 5.91 Å². The van der Waals surface area contributed by atoms with Crippen molar-refractivity contribution in [1.82, 2.24) is 10.2 Å². The molecule has 1 N–H and O–H groups in total. The van der Waals surface area contributed by atoms with Crippen LogP contribution in [0.4, 0.5) is 0 Å². The molecule has 3 heteroatoms. The van der Waals surface area contributed by atoms with Crippen LogP contribution in [0.3, 0.4) is 0 Å². The van der Waals surface area contributed by atoms with Crippen molar-refractivity contribution < 1.29 is 4.79 Å². The zero-order valence-corrected chi connectivity index (χ0v) is 8.42. The number of carbonyl (C=O) groups excluding carboxylic acids is 1. The zero-order valence-electron chi connectivity index (χ0n) is 8.42. The standard InChI is InChI=1S/C10H18N2O/c1-4-8(2)11-9-5-6-10(13)12(3)7-9/h4,8-9,11H,1,5-7H2,2-3H3. The minimum atomic E-state index is 0.254. The van der Waals surface area contributed by atoms with E-state index in [0.29, 0.717) is 18.5 Å². The summed E-state index contributed by atoms with van der Waals surface area (Å²) in [4.78, 5) is 13.0. The smallest absolute Gasteiger partial charge is 0.222 e. The highest BCUT2D eigenvalue weighted by molar-refractivity contribution is 5.76. The number of nitrogens with zero attached hydrogens (tertiary/aromatic N) is 1. The summed E-state index contributed by atoms with van der Waals surface area (Å²) in [6, 6.07) is 0.752. The molecule has 0 spiro atoms. The Morgan fingerprint density at radius 2 is 2.46 bits per heavy atom. The number of rotatable bonds is 3. The van der Waals surface area contributed by atoms with Gasteiger partial charge in [-0.05, 0) is 13.3 Å². The topological polar surface area (TPSA) is 32.3 Å². The van der Waals surface area contributed by atoms with Gasteiger partial charge < -0.3 is 10.2 Å². The Labute approximate surface area is 79.8 Å². The van der Waals surface area contributed by atoms with Gasteiger partial charge in [0.05, 0.1) is 0 Å². The molecule has 1 saturated heterocycles. The van der Waals surface area contributed by atoms with Gasteiger partial charge in [-0.25, -0.2) is 0 Å². The van der Waals surface area contributed by atoms with Gasteiger partial charge in [0.1, 0.15) is 0 Å². The van der Waals surface area contributed by atoms with Crippen molar-refractivity contribution in [2.45, 2.75) is 31.8 Å². The van der Waals surface area contributed by atoms with Gasteiger partial charge in [-0.2, -0.15) is 0 Å². The van der Waals surface area contributed by atoms with Crippen LogP contribution < -0.4 is 5.32 Å². The number of nitrogens with one attached hydrogen (secondary N) is 1. The molecule has 1 rings (SSSR count). The monoisotopic (exact) mass is 182 g/mol. The highest BCUT2D eigenvalue weighted by Crippen LogP contribution is 2.10. The van der Waals surface area contributed by atoms with Crippen LogP contribution in [0.15, 0.2) is 12.7 Å². The molecule has 1 amide bonds. The van der Waals surface area contributed by atoms with Crippen molar-refractivity contribution in [2.24, 2.45) is 0 Å². The summed E-state index contributed by atoms with van der Waals surface area (Å²) in [6.45, 7) is 6.61. The highest BCUT2D eigenvalue weighted by Gasteiger charge is 2.22. The quantitative estimate of drug-likeness (QED) is 0.654. The Morgan fingerprint density at radius 1 is 1.77 bits per heavy atom. The van der Waals surface area contributed by atoms with Crippen LogP contribution in [0.25, 0.3) is 0 Å². The van der Waals surface area contributed by atoms with E-state index < -0.39 is 0 Å². The first-order chi connectivity index (χ1) is 6.13. The van der Waals surface area contributed by atoms with E-state index in [0.717, 1.165) is 13.0 Å². The molecule has 1 aliphatic rings. The zero-order chi connectivity index (χ0) is 9.84. The van der Waals surface area contributed by atoms with E-state index in [2.05, 4.69) is 18.8 Å². The first kappa shape index (κ1) is 10.3. The van der Waals surface area contributed by atoms with E-state index in [1.807, 2.05) is 13.1 Å². The van der Waals surface area contributed by atoms with Crippen molar-refractivity contribution in [3.05, 3.63) is 12.7 Å². The summed E-state index contributed by atoms with van der Waals surface area (Å²) in [5.74, 6) is 0.254. The SMILES string of the molecule is C=CC(C)NC1CCC(=O)N(C)C1. The summed E-state index contributed by atoms with van der Waals surface area (Å²) < 4.78 is 0. The molecule has 0 bridgehead atoms. The number of hydrogen-bond acceptors (Lipinski definition) is 2. The molecule has 74 valence electrons. The van der Waals surface area contributed by atoms with E-state index in [-0.39, 0.29) is 5.91 Å². The number of hydrogen-bond donors (Lipinski definition) is 1. The predicted molar refractivity (Wildman–Crippen MR) is 53.5 cm³/mol. The molecular weight excluding hydrogens is 164 g/mol. The Hall–Kier alpha value is -0.830. The fourth-order valence-corrected chi connectivity index (χ4v) is 1.59. The Morgan fingerprint density at radius 3 is 3.00 bits per heavy atom. The number of carbonyl (C=O) groups is 1. The lowest BCUT2D eigenvalue weighted by Crippen LogP contribution is -2.48. The highest BCUT2D eigenvalue weighted by atomic mass is 16.2. The lowest BCUT2D eigenvalue weighted by atomic mass is 10.0. The molecule has 1 fully saturated rings. The van der Waals surface area contributed by atoms with E-state index in [9.17, 15) is 4.79 Å². The molecule has 0 aromatic rings. The van der Waals surface area contributed by atoms with Crippen molar-refractivity contribution in [3.63, 3.8) is 0 Å². The van der Waals surface area contributed by atoms with Crippen LogP contribution in [0, 0.1) is 0 Å². The number of likely N-dealkylation sites (N-methyl/N-ethyl adjacent to an activating group) is 1.